The van der Waals surface area contributed by atoms with Crippen molar-refractivity contribution >= 4 is 12.1 Å². The Morgan fingerprint density at radius 2 is 2.00 bits per heavy atom. The van der Waals surface area contributed by atoms with Gasteiger partial charge in [0.1, 0.15) is 11.6 Å². The number of carboxylic acid groups (broad SMARTS) is 1. The van der Waals surface area contributed by atoms with Gasteiger partial charge in [0.2, 0.25) is 0 Å². The van der Waals surface area contributed by atoms with Gasteiger partial charge in [0.15, 0.2) is 0 Å². The average Bonchev–Trinajstić information content (AvgIpc) is 2.13. The van der Waals surface area contributed by atoms with Gasteiger partial charge in [-0.3, -0.25) is 0 Å². The van der Waals surface area contributed by atoms with Gasteiger partial charge in [-0.1, -0.05) is 13.8 Å². The van der Waals surface area contributed by atoms with Crippen LogP contribution in [0.4, 0.5) is 4.79 Å². The zero-order chi connectivity index (χ0) is 13.1. The normalized spacial score (nSPS) is 19.3. The summed E-state index contributed by atoms with van der Waals surface area (Å²) in [6.07, 6.45) is 2.53. The van der Waals surface area contributed by atoms with Crippen LogP contribution in [-0.2, 0) is 9.53 Å². The molecule has 1 aliphatic rings. The molecule has 1 atom stereocenters. The van der Waals surface area contributed by atoms with Crippen LogP contribution < -0.4 is 5.32 Å². The number of hydrogen-bond acceptors (Lipinski definition) is 3. The molecular formula is C12H21NO4. The monoisotopic (exact) mass is 243 g/mol. The lowest BCUT2D eigenvalue weighted by Crippen LogP contribution is -2.47. The third kappa shape index (κ3) is 4.24. The molecule has 0 heterocycles. The van der Waals surface area contributed by atoms with Crippen LogP contribution in [0.5, 0.6) is 0 Å². The second kappa shape index (κ2) is 5.38. The van der Waals surface area contributed by atoms with E-state index in [2.05, 4.69) is 5.32 Å². The minimum absolute atomic E-state index is 0.204. The van der Waals surface area contributed by atoms with Crippen LogP contribution in [0.15, 0.2) is 0 Å². The van der Waals surface area contributed by atoms with Crippen LogP contribution in [-0.4, -0.2) is 28.8 Å². The standard InChI is InChI=1S/C12H21NO4/c1-8(2)7-9(10(14)15)13-11(16)17-12(3)5-4-6-12/h8-9H,4-7H2,1-3H3,(H,13,16)(H,14,15). The molecule has 1 aliphatic carbocycles. The number of nitrogens with one attached hydrogen (secondary N) is 1. The highest BCUT2D eigenvalue weighted by Gasteiger charge is 2.36. The van der Waals surface area contributed by atoms with Crippen molar-refractivity contribution in [2.75, 3.05) is 0 Å². The average molecular weight is 243 g/mol. The van der Waals surface area contributed by atoms with Crippen molar-refractivity contribution in [1.29, 1.82) is 0 Å². The Hall–Kier alpha value is -1.26. The van der Waals surface area contributed by atoms with E-state index in [9.17, 15) is 9.59 Å². The molecule has 2 N–H and O–H groups in total. The third-order valence-electron chi connectivity index (χ3n) is 3.05. The van der Waals surface area contributed by atoms with Crippen molar-refractivity contribution < 1.29 is 19.4 Å². The SMILES string of the molecule is CC(C)CC(NC(=O)OC1(C)CCC1)C(=O)O. The molecule has 0 spiro atoms. The molecule has 1 unspecified atom stereocenters. The van der Waals surface area contributed by atoms with E-state index >= 15 is 0 Å². The van der Waals surface area contributed by atoms with E-state index in [0.717, 1.165) is 19.3 Å². The smallest absolute Gasteiger partial charge is 0.408 e. The van der Waals surface area contributed by atoms with Crippen molar-refractivity contribution in [3.05, 3.63) is 0 Å². The van der Waals surface area contributed by atoms with Crippen molar-refractivity contribution in [2.45, 2.75) is 58.1 Å². The molecule has 5 nitrogen and oxygen atoms in total. The van der Waals surface area contributed by atoms with E-state index in [0.29, 0.717) is 6.42 Å². The maximum atomic E-state index is 11.6. The molecular weight excluding hydrogens is 222 g/mol. The van der Waals surface area contributed by atoms with Gasteiger partial charge < -0.3 is 15.2 Å². The summed E-state index contributed by atoms with van der Waals surface area (Å²) in [5, 5.41) is 11.4. The second-order valence-corrected chi connectivity index (χ2v) is 5.36. The van der Waals surface area contributed by atoms with E-state index in [1.807, 2.05) is 20.8 Å². The van der Waals surface area contributed by atoms with Gasteiger partial charge >= 0.3 is 12.1 Å². The molecule has 1 saturated carbocycles. The van der Waals surface area contributed by atoms with Crippen molar-refractivity contribution in [3.63, 3.8) is 0 Å². The molecule has 17 heavy (non-hydrogen) atoms. The van der Waals surface area contributed by atoms with Gasteiger partial charge in [0.25, 0.3) is 0 Å². The zero-order valence-electron chi connectivity index (χ0n) is 10.7. The Morgan fingerprint density at radius 1 is 1.41 bits per heavy atom. The highest BCUT2D eigenvalue weighted by Crippen LogP contribution is 2.34. The number of carbonyl (C=O) groups is 2. The molecule has 98 valence electrons. The lowest BCUT2D eigenvalue weighted by atomic mass is 9.82. The first-order valence-electron chi connectivity index (χ1n) is 6.05. The summed E-state index contributed by atoms with van der Waals surface area (Å²) in [6.45, 7) is 5.70. The number of carboxylic acids is 1. The molecule has 5 heteroatoms. The lowest BCUT2D eigenvalue weighted by Gasteiger charge is -2.37. The number of rotatable bonds is 5. The maximum Gasteiger partial charge on any atom is 0.408 e. The zero-order valence-corrected chi connectivity index (χ0v) is 10.7. The molecule has 1 amide bonds. The fourth-order valence-electron chi connectivity index (χ4n) is 1.87. The van der Waals surface area contributed by atoms with Gasteiger partial charge in [0, 0.05) is 0 Å². The largest absolute Gasteiger partial charge is 0.480 e. The highest BCUT2D eigenvalue weighted by molar-refractivity contribution is 5.80. The van der Waals surface area contributed by atoms with Crippen LogP contribution in [0.1, 0.15) is 46.5 Å². The summed E-state index contributed by atoms with van der Waals surface area (Å²) in [5.74, 6) is -0.815. The summed E-state index contributed by atoms with van der Waals surface area (Å²) in [6, 6.07) is -0.869. The summed E-state index contributed by atoms with van der Waals surface area (Å²) in [5.41, 5.74) is -0.398. The van der Waals surface area contributed by atoms with Crippen LogP contribution in [0.2, 0.25) is 0 Å². The van der Waals surface area contributed by atoms with E-state index in [-0.39, 0.29) is 5.92 Å². The summed E-state index contributed by atoms with van der Waals surface area (Å²) in [7, 11) is 0. The number of amides is 1. The fourth-order valence-corrected chi connectivity index (χ4v) is 1.87. The van der Waals surface area contributed by atoms with Gasteiger partial charge in [-0.2, -0.15) is 0 Å². The van der Waals surface area contributed by atoms with Gasteiger partial charge in [-0.15, -0.1) is 0 Å². The Balaban J connectivity index is 2.43. The molecule has 1 rings (SSSR count). The van der Waals surface area contributed by atoms with Crippen molar-refractivity contribution in [2.24, 2.45) is 5.92 Å². The van der Waals surface area contributed by atoms with E-state index in [1.165, 1.54) is 0 Å². The fraction of sp³-hybridized carbons (Fsp3) is 0.833. The minimum Gasteiger partial charge on any atom is -0.480 e. The number of carbonyl (C=O) groups excluding carboxylic acids is 1. The van der Waals surface area contributed by atoms with Gasteiger partial charge in [0.05, 0.1) is 0 Å². The van der Waals surface area contributed by atoms with Crippen LogP contribution in [0, 0.1) is 5.92 Å². The predicted molar refractivity (Wildman–Crippen MR) is 62.8 cm³/mol. The first-order chi connectivity index (χ1) is 7.82. The topological polar surface area (TPSA) is 75.6 Å². The minimum atomic E-state index is -1.02. The van der Waals surface area contributed by atoms with E-state index in [1.54, 1.807) is 0 Å². The number of aliphatic carboxylic acids is 1. The molecule has 0 aromatic rings. The Bertz CT molecular complexity index is 297. The van der Waals surface area contributed by atoms with E-state index < -0.39 is 23.7 Å². The maximum absolute atomic E-state index is 11.6. The molecule has 0 aromatic carbocycles. The first-order valence-corrected chi connectivity index (χ1v) is 6.05. The lowest BCUT2D eigenvalue weighted by molar-refractivity contribution is -0.140. The second-order valence-electron chi connectivity index (χ2n) is 5.36. The van der Waals surface area contributed by atoms with Crippen molar-refractivity contribution in [3.8, 4) is 0 Å². The Labute approximate surface area is 102 Å². The summed E-state index contributed by atoms with van der Waals surface area (Å²) < 4.78 is 5.22. The third-order valence-corrected chi connectivity index (χ3v) is 3.05. The number of alkyl carbamates (subject to hydrolysis) is 1. The van der Waals surface area contributed by atoms with E-state index in [4.69, 9.17) is 9.84 Å². The number of ether oxygens (including phenoxy) is 1. The van der Waals surface area contributed by atoms with Crippen LogP contribution >= 0.6 is 0 Å². The molecule has 0 bridgehead atoms. The summed E-state index contributed by atoms with van der Waals surface area (Å²) in [4.78, 5) is 22.5. The van der Waals surface area contributed by atoms with Crippen molar-refractivity contribution in [1.82, 2.24) is 5.32 Å². The molecule has 0 aromatic heterocycles. The molecule has 0 saturated heterocycles. The number of hydrogen-bond donors (Lipinski definition) is 2. The molecule has 1 fully saturated rings. The first kappa shape index (κ1) is 13.8. The predicted octanol–water partition coefficient (Wildman–Crippen LogP) is 2.15. The van der Waals surface area contributed by atoms with Gasteiger partial charge in [-0.25, -0.2) is 9.59 Å². The Kier molecular flexibility index (Phi) is 4.37. The quantitative estimate of drug-likeness (QED) is 0.775. The highest BCUT2D eigenvalue weighted by atomic mass is 16.6. The summed E-state index contributed by atoms with van der Waals surface area (Å²) >= 11 is 0. The molecule has 0 aliphatic heterocycles. The van der Waals surface area contributed by atoms with Crippen LogP contribution in [0.3, 0.4) is 0 Å². The van der Waals surface area contributed by atoms with Crippen LogP contribution in [0.25, 0.3) is 0 Å². The van der Waals surface area contributed by atoms with Gasteiger partial charge in [-0.05, 0) is 38.5 Å². The molecule has 0 radical (unpaired) electrons. The Morgan fingerprint density at radius 3 is 2.35 bits per heavy atom.